The maximum absolute atomic E-state index is 10.8. The van der Waals surface area contributed by atoms with Crippen molar-refractivity contribution in [3.63, 3.8) is 0 Å². The first kappa shape index (κ1) is 12.1. The molecule has 5 heteroatoms. The fourth-order valence-electron chi connectivity index (χ4n) is 2.65. The fourth-order valence-corrected chi connectivity index (χ4v) is 2.65. The number of hydrogen-bond donors (Lipinski definition) is 1. The van der Waals surface area contributed by atoms with Gasteiger partial charge in [-0.3, -0.25) is 4.79 Å². The van der Waals surface area contributed by atoms with E-state index in [1.165, 1.54) is 0 Å². The van der Waals surface area contributed by atoms with Crippen molar-refractivity contribution in [2.45, 2.75) is 32.2 Å². The average molecular weight is 238 g/mol. The van der Waals surface area contributed by atoms with E-state index in [4.69, 9.17) is 9.63 Å². The molecule has 0 saturated carbocycles. The van der Waals surface area contributed by atoms with Gasteiger partial charge in [0.25, 0.3) is 0 Å². The molecule has 5 nitrogen and oxygen atoms in total. The SMILES string of the molecule is Cc1noc2c1C(N(C)C)CC(CC(=O)O)C2. The van der Waals surface area contributed by atoms with Gasteiger partial charge >= 0.3 is 5.97 Å². The normalized spacial score (nSPS) is 23.8. The molecule has 2 rings (SSSR count). The summed E-state index contributed by atoms with van der Waals surface area (Å²) in [6, 6.07) is 0.217. The summed E-state index contributed by atoms with van der Waals surface area (Å²) in [4.78, 5) is 12.9. The molecule has 0 fully saturated rings. The predicted molar refractivity (Wildman–Crippen MR) is 61.7 cm³/mol. The molecule has 94 valence electrons. The van der Waals surface area contributed by atoms with Gasteiger partial charge in [0.15, 0.2) is 0 Å². The maximum Gasteiger partial charge on any atom is 0.303 e. The van der Waals surface area contributed by atoms with Gasteiger partial charge in [0.1, 0.15) is 5.76 Å². The highest BCUT2D eigenvalue weighted by Crippen LogP contribution is 2.39. The summed E-state index contributed by atoms with van der Waals surface area (Å²) in [6.07, 6.45) is 1.74. The first-order valence-corrected chi connectivity index (χ1v) is 5.82. The summed E-state index contributed by atoms with van der Waals surface area (Å²) in [5.41, 5.74) is 2.07. The molecule has 0 bridgehead atoms. The van der Waals surface area contributed by atoms with Crippen LogP contribution in [0.3, 0.4) is 0 Å². The van der Waals surface area contributed by atoms with Crippen molar-refractivity contribution in [3.8, 4) is 0 Å². The van der Waals surface area contributed by atoms with Gasteiger partial charge in [-0.2, -0.15) is 0 Å². The first-order chi connectivity index (χ1) is 7.99. The molecule has 1 aromatic rings. The zero-order chi connectivity index (χ0) is 12.6. The molecule has 1 N–H and O–H groups in total. The second kappa shape index (κ2) is 4.49. The average Bonchev–Trinajstić information content (AvgIpc) is 2.58. The number of carboxylic acid groups (broad SMARTS) is 1. The van der Waals surface area contributed by atoms with Gasteiger partial charge in [0.05, 0.1) is 5.69 Å². The Hall–Kier alpha value is -1.36. The third-order valence-corrected chi connectivity index (χ3v) is 3.43. The minimum absolute atomic E-state index is 0.139. The van der Waals surface area contributed by atoms with Gasteiger partial charge in [0, 0.05) is 24.4 Å². The van der Waals surface area contributed by atoms with Crippen LogP contribution in [0.4, 0.5) is 0 Å². The van der Waals surface area contributed by atoms with E-state index in [1.807, 2.05) is 21.0 Å². The van der Waals surface area contributed by atoms with E-state index >= 15 is 0 Å². The number of hydrogen-bond acceptors (Lipinski definition) is 4. The van der Waals surface area contributed by atoms with Crippen molar-refractivity contribution in [2.75, 3.05) is 14.1 Å². The number of aromatic nitrogens is 1. The van der Waals surface area contributed by atoms with Gasteiger partial charge in [-0.05, 0) is 33.4 Å². The fraction of sp³-hybridized carbons (Fsp3) is 0.667. The molecule has 1 aromatic heterocycles. The van der Waals surface area contributed by atoms with Crippen LogP contribution in [0.5, 0.6) is 0 Å². The Morgan fingerprint density at radius 3 is 2.88 bits per heavy atom. The van der Waals surface area contributed by atoms with Crippen LogP contribution >= 0.6 is 0 Å². The lowest BCUT2D eigenvalue weighted by atomic mass is 9.81. The molecular formula is C12H18N2O3. The number of aryl methyl sites for hydroxylation is 1. The standard InChI is InChI=1S/C12H18N2O3/c1-7-12-9(14(2)3)4-8(6-11(15)16)5-10(12)17-13-7/h8-9H,4-6H2,1-3H3,(H,15,16). The Kier molecular flexibility index (Phi) is 3.19. The van der Waals surface area contributed by atoms with Crippen molar-refractivity contribution < 1.29 is 14.4 Å². The van der Waals surface area contributed by atoms with Gasteiger partial charge in [-0.15, -0.1) is 0 Å². The van der Waals surface area contributed by atoms with Crippen LogP contribution in [-0.2, 0) is 11.2 Å². The molecule has 0 amide bonds. The van der Waals surface area contributed by atoms with Crippen LogP contribution in [0.15, 0.2) is 4.52 Å². The molecule has 1 heterocycles. The zero-order valence-electron chi connectivity index (χ0n) is 10.4. The summed E-state index contributed by atoms with van der Waals surface area (Å²) in [5, 5.41) is 12.9. The van der Waals surface area contributed by atoms with Crippen LogP contribution in [0.1, 0.15) is 35.9 Å². The highest BCUT2D eigenvalue weighted by molar-refractivity contribution is 5.67. The molecule has 1 aliphatic rings. The van der Waals surface area contributed by atoms with E-state index in [2.05, 4.69) is 10.1 Å². The Bertz CT molecular complexity index is 425. The Morgan fingerprint density at radius 1 is 1.59 bits per heavy atom. The van der Waals surface area contributed by atoms with E-state index in [9.17, 15) is 4.79 Å². The predicted octanol–water partition coefficient (Wildman–Crippen LogP) is 1.62. The first-order valence-electron chi connectivity index (χ1n) is 5.82. The summed E-state index contributed by atoms with van der Waals surface area (Å²) in [7, 11) is 4.01. The Morgan fingerprint density at radius 2 is 2.29 bits per heavy atom. The summed E-state index contributed by atoms with van der Waals surface area (Å²) in [6.45, 7) is 1.94. The van der Waals surface area contributed by atoms with Crippen LogP contribution in [0, 0.1) is 12.8 Å². The summed E-state index contributed by atoms with van der Waals surface area (Å²) >= 11 is 0. The van der Waals surface area contributed by atoms with Crippen molar-refractivity contribution in [2.24, 2.45) is 5.92 Å². The highest BCUT2D eigenvalue weighted by Gasteiger charge is 2.34. The lowest BCUT2D eigenvalue weighted by Crippen LogP contribution is -2.29. The van der Waals surface area contributed by atoms with Crippen LogP contribution in [-0.4, -0.2) is 35.2 Å². The maximum atomic E-state index is 10.8. The number of aliphatic carboxylic acids is 1. The lowest BCUT2D eigenvalue weighted by molar-refractivity contribution is -0.138. The molecule has 2 unspecified atom stereocenters. The summed E-state index contributed by atoms with van der Waals surface area (Å²) < 4.78 is 5.31. The Balaban J connectivity index is 2.27. The van der Waals surface area contributed by atoms with E-state index < -0.39 is 5.97 Å². The number of carbonyl (C=O) groups is 1. The molecule has 2 atom stereocenters. The minimum Gasteiger partial charge on any atom is -0.481 e. The van der Waals surface area contributed by atoms with Crippen molar-refractivity contribution in [1.29, 1.82) is 0 Å². The molecule has 17 heavy (non-hydrogen) atoms. The number of carboxylic acids is 1. The monoisotopic (exact) mass is 238 g/mol. The number of nitrogens with zero attached hydrogens (tertiary/aromatic N) is 2. The van der Waals surface area contributed by atoms with Crippen LogP contribution in [0.25, 0.3) is 0 Å². The molecule has 0 radical (unpaired) electrons. The molecule has 0 saturated heterocycles. The second-order valence-corrected chi connectivity index (χ2v) is 4.99. The Labute approximate surface area is 100 Å². The minimum atomic E-state index is -0.743. The van der Waals surface area contributed by atoms with Crippen molar-refractivity contribution >= 4 is 5.97 Å². The largest absolute Gasteiger partial charge is 0.481 e. The highest BCUT2D eigenvalue weighted by atomic mass is 16.5. The van der Waals surface area contributed by atoms with Crippen molar-refractivity contribution in [3.05, 3.63) is 17.0 Å². The van der Waals surface area contributed by atoms with E-state index in [-0.39, 0.29) is 18.4 Å². The van der Waals surface area contributed by atoms with E-state index in [0.717, 1.165) is 23.4 Å². The third kappa shape index (κ3) is 2.34. The number of fused-ring (bicyclic) bond motifs is 1. The van der Waals surface area contributed by atoms with Gasteiger partial charge < -0.3 is 14.5 Å². The molecule has 0 aromatic carbocycles. The van der Waals surface area contributed by atoms with Gasteiger partial charge in [-0.1, -0.05) is 5.16 Å². The molecular weight excluding hydrogens is 220 g/mol. The van der Waals surface area contributed by atoms with E-state index in [1.54, 1.807) is 0 Å². The smallest absolute Gasteiger partial charge is 0.303 e. The molecule has 0 aliphatic heterocycles. The summed E-state index contributed by atoms with van der Waals surface area (Å²) in [5.74, 6) is 0.255. The van der Waals surface area contributed by atoms with E-state index in [0.29, 0.717) is 6.42 Å². The topological polar surface area (TPSA) is 66.6 Å². The molecule has 0 spiro atoms. The lowest BCUT2D eigenvalue weighted by Gasteiger charge is -2.32. The zero-order valence-corrected chi connectivity index (χ0v) is 10.4. The van der Waals surface area contributed by atoms with Crippen molar-refractivity contribution in [1.82, 2.24) is 10.1 Å². The van der Waals surface area contributed by atoms with Crippen LogP contribution < -0.4 is 0 Å². The van der Waals surface area contributed by atoms with Gasteiger partial charge in [0.2, 0.25) is 0 Å². The van der Waals surface area contributed by atoms with Gasteiger partial charge in [-0.25, -0.2) is 0 Å². The third-order valence-electron chi connectivity index (χ3n) is 3.43. The molecule has 1 aliphatic carbocycles. The number of rotatable bonds is 3. The second-order valence-electron chi connectivity index (χ2n) is 4.99. The quantitative estimate of drug-likeness (QED) is 0.866. The van der Waals surface area contributed by atoms with Crippen LogP contribution in [0.2, 0.25) is 0 Å².